The third kappa shape index (κ3) is 1.47. The SMILES string of the molecule is Cc1ccc(C)c2c1N[C@@H](C(=O)[O-])[C@@H]1CC=C[C@@H]21. The largest absolute Gasteiger partial charge is 0.548 e. The van der Waals surface area contributed by atoms with Crippen molar-refractivity contribution < 1.29 is 9.90 Å². The lowest BCUT2D eigenvalue weighted by Gasteiger charge is -2.39. The Labute approximate surface area is 107 Å². The summed E-state index contributed by atoms with van der Waals surface area (Å²) in [7, 11) is 0. The Kier molecular flexibility index (Phi) is 2.44. The van der Waals surface area contributed by atoms with E-state index in [2.05, 4.69) is 30.5 Å². The van der Waals surface area contributed by atoms with Gasteiger partial charge in [-0.2, -0.15) is 0 Å². The van der Waals surface area contributed by atoms with Crippen LogP contribution in [0.25, 0.3) is 0 Å². The minimum atomic E-state index is -1.000. The lowest BCUT2D eigenvalue weighted by atomic mass is 9.77. The van der Waals surface area contributed by atoms with Gasteiger partial charge >= 0.3 is 0 Å². The molecule has 3 nitrogen and oxygen atoms in total. The second-order valence-electron chi connectivity index (χ2n) is 5.28. The molecule has 3 heteroatoms. The Morgan fingerprint density at radius 2 is 2.06 bits per heavy atom. The molecule has 3 rings (SSSR count). The van der Waals surface area contributed by atoms with Crippen molar-refractivity contribution in [2.45, 2.75) is 32.2 Å². The third-order valence-corrected chi connectivity index (χ3v) is 4.20. The molecule has 1 aliphatic carbocycles. The summed E-state index contributed by atoms with van der Waals surface area (Å²) >= 11 is 0. The summed E-state index contributed by atoms with van der Waals surface area (Å²) in [5, 5.41) is 14.5. The number of aliphatic carboxylic acids is 1. The van der Waals surface area contributed by atoms with Gasteiger partial charge in [0.25, 0.3) is 0 Å². The van der Waals surface area contributed by atoms with Crippen LogP contribution in [-0.2, 0) is 4.79 Å². The van der Waals surface area contributed by atoms with E-state index in [-0.39, 0.29) is 11.8 Å². The summed E-state index contributed by atoms with van der Waals surface area (Å²) in [6.45, 7) is 4.10. The fourth-order valence-corrected chi connectivity index (χ4v) is 3.28. The van der Waals surface area contributed by atoms with Gasteiger partial charge in [-0.25, -0.2) is 0 Å². The molecule has 0 bridgehead atoms. The molecule has 1 aromatic rings. The quantitative estimate of drug-likeness (QED) is 0.759. The van der Waals surface area contributed by atoms with E-state index in [4.69, 9.17) is 0 Å². The fourth-order valence-electron chi connectivity index (χ4n) is 3.28. The minimum absolute atomic E-state index is 0.0861. The number of carboxylic acids is 1. The maximum atomic E-state index is 11.3. The van der Waals surface area contributed by atoms with Gasteiger partial charge in [-0.15, -0.1) is 0 Å². The number of carbonyl (C=O) groups is 1. The summed E-state index contributed by atoms with van der Waals surface area (Å²) in [5.74, 6) is -0.702. The molecule has 0 aromatic heterocycles. The van der Waals surface area contributed by atoms with Crippen LogP contribution >= 0.6 is 0 Å². The Morgan fingerprint density at radius 3 is 2.78 bits per heavy atom. The van der Waals surface area contributed by atoms with Crippen molar-refractivity contribution in [1.82, 2.24) is 0 Å². The Bertz CT molecular complexity index is 548. The van der Waals surface area contributed by atoms with Crippen molar-refractivity contribution in [1.29, 1.82) is 0 Å². The molecule has 0 fully saturated rings. The van der Waals surface area contributed by atoms with Gasteiger partial charge in [0, 0.05) is 11.6 Å². The van der Waals surface area contributed by atoms with Crippen LogP contribution in [0.2, 0.25) is 0 Å². The second kappa shape index (κ2) is 3.87. The van der Waals surface area contributed by atoms with E-state index in [0.717, 1.165) is 17.7 Å². The van der Waals surface area contributed by atoms with Crippen molar-refractivity contribution in [3.63, 3.8) is 0 Å². The molecule has 18 heavy (non-hydrogen) atoms. The maximum Gasteiger partial charge on any atom is 0.0698 e. The van der Waals surface area contributed by atoms with Gasteiger partial charge in [-0.05, 0) is 42.9 Å². The number of fused-ring (bicyclic) bond motifs is 3. The van der Waals surface area contributed by atoms with E-state index in [1.165, 1.54) is 11.1 Å². The molecule has 0 unspecified atom stereocenters. The predicted molar refractivity (Wildman–Crippen MR) is 68.3 cm³/mol. The topological polar surface area (TPSA) is 52.2 Å². The van der Waals surface area contributed by atoms with Crippen molar-refractivity contribution in [2.75, 3.05) is 5.32 Å². The highest BCUT2D eigenvalue weighted by Crippen LogP contribution is 2.46. The molecule has 3 atom stereocenters. The maximum absolute atomic E-state index is 11.3. The van der Waals surface area contributed by atoms with E-state index < -0.39 is 12.0 Å². The number of anilines is 1. The molecule has 2 aliphatic rings. The lowest BCUT2D eigenvalue weighted by Crippen LogP contribution is -2.49. The number of aryl methyl sites for hydroxylation is 2. The van der Waals surface area contributed by atoms with Crippen LogP contribution in [0.5, 0.6) is 0 Å². The molecule has 0 saturated heterocycles. The summed E-state index contributed by atoms with van der Waals surface area (Å²) < 4.78 is 0. The van der Waals surface area contributed by atoms with Crippen LogP contribution in [-0.4, -0.2) is 12.0 Å². The van der Waals surface area contributed by atoms with E-state index in [9.17, 15) is 9.90 Å². The molecular formula is C15H16NO2-. The summed E-state index contributed by atoms with van der Waals surface area (Å²) in [6.07, 6.45) is 5.04. The van der Waals surface area contributed by atoms with Gasteiger partial charge in [0.2, 0.25) is 0 Å². The van der Waals surface area contributed by atoms with Crippen molar-refractivity contribution in [2.24, 2.45) is 5.92 Å². The molecule has 0 saturated carbocycles. The first-order chi connectivity index (χ1) is 8.59. The van der Waals surface area contributed by atoms with Crippen LogP contribution < -0.4 is 10.4 Å². The van der Waals surface area contributed by atoms with Crippen molar-refractivity contribution >= 4 is 11.7 Å². The van der Waals surface area contributed by atoms with Crippen LogP contribution in [0.3, 0.4) is 0 Å². The van der Waals surface area contributed by atoms with E-state index in [1.807, 2.05) is 13.0 Å². The lowest BCUT2D eigenvalue weighted by molar-refractivity contribution is -0.308. The van der Waals surface area contributed by atoms with Gasteiger partial charge < -0.3 is 15.2 Å². The number of rotatable bonds is 1. The molecule has 1 heterocycles. The van der Waals surface area contributed by atoms with Crippen molar-refractivity contribution in [3.05, 3.63) is 41.0 Å². The fraction of sp³-hybridized carbons (Fsp3) is 0.400. The summed E-state index contributed by atoms with van der Waals surface area (Å²) in [5.41, 5.74) is 4.56. The zero-order valence-electron chi connectivity index (χ0n) is 10.6. The summed E-state index contributed by atoms with van der Waals surface area (Å²) in [6, 6.07) is 3.56. The first-order valence-corrected chi connectivity index (χ1v) is 6.33. The minimum Gasteiger partial charge on any atom is -0.548 e. The number of benzene rings is 1. The highest BCUT2D eigenvalue weighted by Gasteiger charge is 2.38. The highest BCUT2D eigenvalue weighted by molar-refractivity contribution is 5.80. The molecule has 0 radical (unpaired) electrons. The van der Waals surface area contributed by atoms with Crippen LogP contribution in [0.1, 0.15) is 29.0 Å². The predicted octanol–water partition coefficient (Wildman–Crippen LogP) is 1.51. The van der Waals surface area contributed by atoms with E-state index >= 15 is 0 Å². The smallest absolute Gasteiger partial charge is 0.0698 e. The molecule has 0 amide bonds. The standard InChI is InChI=1S/C15H17NO2/c1-8-6-7-9(2)13-12(8)10-4-3-5-11(10)14(16-13)15(17)18/h3-4,6-7,10-11,14,16H,5H2,1-2H3,(H,17,18)/p-1/t10-,11-,14-/m1/s1. The van der Waals surface area contributed by atoms with Crippen LogP contribution in [0.15, 0.2) is 24.3 Å². The molecule has 1 aromatic carbocycles. The zero-order chi connectivity index (χ0) is 12.9. The van der Waals surface area contributed by atoms with Crippen LogP contribution in [0, 0.1) is 19.8 Å². The Balaban J connectivity index is 2.17. The highest BCUT2D eigenvalue weighted by atomic mass is 16.4. The average Bonchev–Trinajstić information content (AvgIpc) is 2.81. The van der Waals surface area contributed by atoms with E-state index in [0.29, 0.717) is 0 Å². The van der Waals surface area contributed by atoms with Crippen molar-refractivity contribution in [3.8, 4) is 0 Å². The first-order valence-electron chi connectivity index (χ1n) is 6.33. The molecule has 1 N–H and O–H groups in total. The zero-order valence-corrected chi connectivity index (χ0v) is 10.6. The Hall–Kier alpha value is -1.77. The van der Waals surface area contributed by atoms with Gasteiger partial charge in [0.05, 0.1) is 12.0 Å². The summed E-state index contributed by atoms with van der Waals surface area (Å²) in [4.78, 5) is 11.3. The van der Waals surface area contributed by atoms with Gasteiger partial charge in [-0.1, -0.05) is 24.3 Å². The van der Waals surface area contributed by atoms with Gasteiger partial charge in [0.15, 0.2) is 0 Å². The normalized spacial score (nSPS) is 28.4. The number of carbonyl (C=O) groups excluding carboxylic acids is 1. The molecule has 0 spiro atoms. The molecule has 94 valence electrons. The number of carboxylic acid groups (broad SMARTS) is 1. The average molecular weight is 242 g/mol. The van der Waals surface area contributed by atoms with Gasteiger partial charge in [-0.3, -0.25) is 0 Å². The first kappa shape index (κ1) is 11.3. The molecule has 1 aliphatic heterocycles. The number of hydrogen-bond donors (Lipinski definition) is 1. The van der Waals surface area contributed by atoms with E-state index in [1.54, 1.807) is 0 Å². The number of allylic oxidation sites excluding steroid dienone is 2. The number of nitrogens with one attached hydrogen (secondary N) is 1. The van der Waals surface area contributed by atoms with Gasteiger partial charge in [0.1, 0.15) is 0 Å². The van der Waals surface area contributed by atoms with Crippen LogP contribution in [0.4, 0.5) is 5.69 Å². The third-order valence-electron chi connectivity index (χ3n) is 4.20. The number of hydrogen-bond acceptors (Lipinski definition) is 3. The Morgan fingerprint density at radius 1 is 1.33 bits per heavy atom. The molecular weight excluding hydrogens is 226 g/mol. The second-order valence-corrected chi connectivity index (χ2v) is 5.28. The monoisotopic (exact) mass is 242 g/mol.